The molecule has 0 radical (unpaired) electrons. The van der Waals surface area contributed by atoms with Crippen molar-refractivity contribution in [2.75, 3.05) is 32.5 Å². The molecule has 0 saturated heterocycles. The van der Waals surface area contributed by atoms with Gasteiger partial charge in [-0.2, -0.15) is 5.10 Å². The number of benzene rings is 1. The van der Waals surface area contributed by atoms with Crippen LogP contribution >= 0.6 is 0 Å². The highest BCUT2D eigenvalue weighted by molar-refractivity contribution is 6.00. The average Bonchev–Trinajstić information content (AvgIpc) is 3.59. The quantitative estimate of drug-likeness (QED) is 0.280. The molecule has 1 aromatic carbocycles. The Bertz CT molecular complexity index is 1780. The highest BCUT2D eigenvalue weighted by atomic mass is 19.1. The second-order valence-electron chi connectivity index (χ2n) is 9.73. The third-order valence-electron chi connectivity index (χ3n) is 6.83. The van der Waals surface area contributed by atoms with E-state index in [4.69, 9.17) is 0 Å². The van der Waals surface area contributed by atoms with Gasteiger partial charge in [-0.25, -0.2) is 14.4 Å². The smallest absolute Gasteiger partial charge is 0.155 e. The number of aromatic amines is 2. The number of hydrogen-bond acceptors (Lipinski definition) is 6. The Hall–Kier alpha value is -4.57. The molecule has 192 valence electrons. The van der Waals surface area contributed by atoms with Crippen molar-refractivity contribution < 1.29 is 4.39 Å². The fourth-order valence-electron chi connectivity index (χ4n) is 4.70. The lowest BCUT2D eigenvalue weighted by atomic mass is 10.0. The lowest BCUT2D eigenvalue weighted by Crippen LogP contribution is -2.20. The van der Waals surface area contributed by atoms with E-state index >= 15 is 0 Å². The first-order valence-electron chi connectivity index (χ1n) is 12.4. The van der Waals surface area contributed by atoms with E-state index in [1.165, 1.54) is 12.1 Å². The molecule has 0 bridgehead atoms. The highest BCUT2D eigenvalue weighted by Gasteiger charge is 2.17. The van der Waals surface area contributed by atoms with Crippen molar-refractivity contribution in [3.8, 4) is 33.8 Å². The molecular formula is C28H28FN9. The number of aromatic nitrogens is 7. The Morgan fingerprint density at radius 3 is 2.63 bits per heavy atom. The summed E-state index contributed by atoms with van der Waals surface area (Å²) in [6.45, 7) is 3.53. The van der Waals surface area contributed by atoms with Crippen molar-refractivity contribution in [2.45, 2.75) is 6.92 Å². The first-order valence-corrected chi connectivity index (χ1v) is 12.4. The summed E-state index contributed by atoms with van der Waals surface area (Å²) in [6.07, 6.45) is 7.21. The summed E-state index contributed by atoms with van der Waals surface area (Å²) >= 11 is 0. The van der Waals surface area contributed by atoms with Gasteiger partial charge in [-0.05, 0) is 56.9 Å². The zero-order chi connectivity index (χ0) is 26.4. The molecule has 0 saturated carbocycles. The lowest BCUT2D eigenvalue weighted by molar-refractivity contribution is 0.425. The number of hydrogen-bond donors (Lipinski definition) is 3. The van der Waals surface area contributed by atoms with Crippen LogP contribution in [0, 0.1) is 12.7 Å². The standard InChI is InChI=1S/C28H28FN9/c1-16-32-15-26(38(16)4)18-9-22-27(35-36-28(22)33-12-18)24-11-21-23(13-30-14-25(21)34-24)17-7-19(29)10-20(8-17)31-5-6-37(2)3/h7-15,31,34H,5-6H2,1-4H3,(H,33,35,36). The van der Waals surface area contributed by atoms with E-state index in [-0.39, 0.29) is 5.82 Å². The van der Waals surface area contributed by atoms with Gasteiger partial charge in [0.1, 0.15) is 17.3 Å². The molecule has 0 spiro atoms. The summed E-state index contributed by atoms with van der Waals surface area (Å²) in [5, 5.41) is 12.7. The van der Waals surface area contributed by atoms with Crippen LogP contribution in [0.2, 0.25) is 0 Å². The topological polar surface area (TPSA) is 103 Å². The molecule has 6 aromatic rings. The number of aryl methyl sites for hydroxylation is 1. The molecule has 6 rings (SSSR count). The summed E-state index contributed by atoms with van der Waals surface area (Å²) < 4.78 is 16.6. The molecule has 0 aliphatic carbocycles. The molecule has 0 aliphatic rings. The largest absolute Gasteiger partial charge is 0.384 e. The van der Waals surface area contributed by atoms with Crippen molar-refractivity contribution in [3.05, 3.63) is 66.8 Å². The fourth-order valence-corrected chi connectivity index (χ4v) is 4.70. The number of pyridine rings is 2. The Labute approximate surface area is 218 Å². The fraction of sp³-hybridized carbons (Fsp3) is 0.214. The first kappa shape index (κ1) is 23.8. The number of fused-ring (bicyclic) bond motifs is 2. The molecule has 9 nitrogen and oxygen atoms in total. The van der Waals surface area contributed by atoms with E-state index in [1.54, 1.807) is 12.4 Å². The van der Waals surface area contributed by atoms with Crippen LogP contribution in [0.1, 0.15) is 5.82 Å². The second kappa shape index (κ2) is 9.38. The Morgan fingerprint density at radius 2 is 1.84 bits per heavy atom. The minimum Gasteiger partial charge on any atom is -0.384 e. The number of nitrogens with one attached hydrogen (secondary N) is 3. The van der Waals surface area contributed by atoms with Crippen LogP contribution in [0.3, 0.4) is 0 Å². The van der Waals surface area contributed by atoms with Crippen LogP contribution in [0.25, 0.3) is 55.7 Å². The maximum Gasteiger partial charge on any atom is 0.155 e. The minimum absolute atomic E-state index is 0.301. The number of H-pyrrole nitrogens is 2. The molecule has 38 heavy (non-hydrogen) atoms. The first-order chi connectivity index (χ1) is 18.4. The molecule has 5 aromatic heterocycles. The summed E-state index contributed by atoms with van der Waals surface area (Å²) in [6, 6.07) is 9.11. The highest BCUT2D eigenvalue weighted by Crippen LogP contribution is 2.35. The number of anilines is 1. The summed E-state index contributed by atoms with van der Waals surface area (Å²) in [5.41, 5.74) is 7.36. The van der Waals surface area contributed by atoms with Crippen molar-refractivity contribution in [2.24, 2.45) is 7.05 Å². The maximum absolute atomic E-state index is 14.6. The van der Waals surface area contributed by atoms with Gasteiger partial charge in [0.2, 0.25) is 0 Å². The van der Waals surface area contributed by atoms with Crippen LogP contribution < -0.4 is 5.32 Å². The molecule has 3 N–H and O–H groups in total. The number of nitrogens with zero attached hydrogens (tertiary/aromatic N) is 6. The van der Waals surface area contributed by atoms with Gasteiger partial charge in [-0.1, -0.05) is 0 Å². The van der Waals surface area contributed by atoms with Gasteiger partial charge in [-0.15, -0.1) is 0 Å². The van der Waals surface area contributed by atoms with Crippen LogP contribution in [-0.4, -0.2) is 66.8 Å². The number of rotatable bonds is 7. The number of imidazole rings is 1. The Morgan fingerprint density at radius 1 is 0.974 bits per heavy atom. The van der Waals surface area contributed by atoms with Crippen LogP contribution in [0.5, 0.6) is 0 Å². The molecular weight excluding hydrogens is 481 g/mol. The van der Waals surface area contributed by atoms with Crippen LogP contribution in [-0.2, 0) is 7.05 Å². The molecule has 10 heteroatoms. The zero-order valence-corrected chi connectivity index (χ0v) is 21.7. The molecule has 0 atom stereocenters. The zero-order valence-electron chi connectivity index (χ0n) is 21.7. The second-order valence-corrected chi connectivity index (χ2v) is 9.73. The lowest BCUT2D eigenvalue weighted by Gasteiger charge is -2.13. The predicted molar refractivity (Wildman–Crippen MR) is 148 cm³/mol. The normalized spacial score (nSPS) is 11.7. The van der Waals surface area contributed by atoms with Crippen LogP contribution in [0.15, 0.2) is 55.1 Å². The average molecular weight is 510 g/mol. The van der Waals surface area contributed by atoms with Crippen LogP contribution in [0.4, 0.5) is 10.1 Å². The minimum atomic E-state index is -0.301. The van der Waals surface area contributed by atoms with E-state index in [0.29, 0.717) is 12.2 Å². The number of halogens is 1. The van der Waals surface area contributed by atoms with Gasteiger partial charge >= 0.3 is 0 Å². The number of likely N-dealkylation sites (N-methyl/N-ethyl adjacent to an activating group) is 1. The molecule has 0 aliphatic heterocycles. The summed E-state index contributed by atoms with van der Waals surface area (Å²) in [7, 11) is 6.00. The monoisotopic (exact) mass is 509 g/mol. The van der Waals surface area contributed by atoms with Gasteiger partial charge in [0, 0.05) is 60.1 Å². The summed E-state index contributed by atoms with van der Waals surface area (Å²) in [5.74, 6) is 0.626. The predicted octanol–water partition coefficient (Wildman–Crippen LogP) is 4.99. The van der Waals surface area contributed by atoms with E-state index < -0.39 is 0 Å². The van der Waals surface area contributed by atoms with Gasteiger partial charge < -0.3 is 19.8 Å². The van der Waals surface area contributed by atoms with Crippen molar-refractivity contribution in [1.29, 1.82) is 0 Å². The third-order valence-corrected chi connectivity index (χ3v) is 6.83. The maximum atomic E-state index is 14.6. The molecule has 0 amide bonds. The Kier molecular flexibility index (Phi) is 5.88. The van der Waals surface area contributed by atoms with E-state index in [9.17, 15) is 4.39 Å². The Balaban J connectivity index is 1.41. The van der Waals surface area contributed by atoms with Crippen molar-refractivity contribution in [3.63, 3.8) is 0 Å². The third kappa shape index (κ3) is 4.28. The summed E-state index contributed by atoms with van der Waals surface area (Å²) in [4.78, 5) is 18.9. The van der Waals surface area contributed by atoms with Gasteiger partial charge in [0.15, 0.2) is 5.65 Å². The van der Waals surface area contributed by atoms with Crippen molar-refractivity contribution >= 4 is 27.6 Å². The van der Waals surface area contributed by atoms with E-state index in [2.05, 4.69) is 46.4 Å². The molecule has 5 heterocycles. The van der Waals surface area contributed by atoms with E-state index in [1.807, 2.05) is 57.2 Å². The van der Waals surface area contributed by atoms with Gasteiger partial charge in [0.25, 0.3) is 0 Å². The molecule has 0 fully saturated rings. The molecule has 0 unspecified atom stereocenters. The SMILES string of the molecule is Cc1ncc(-c2cnc3[nH]nc(-c4cc5c(-c6cc(F)cc(NCCN(C)C)c6)cncc5[nH]4)c3c2)n1C. The van der Waals surface area contributed by atoms with Gasteiger partial charge in [0.05, 0.1) is 29.3 Å². The van der Waals surface area contributed by atoms with E-state index in [0.717, 1.165) is 68.1 Å². The van der Waals surface area contributed by atoms with Crippen molar-refractivity contribution in [1.82, 2.24) is 39.6 Å². The van der Waals surface area contributed by atoms with Gasteiger partial charge in [-0.3, -0.25) is 10.1 Å².